The van der Waals surface area contributed by atoms with Crippen LogP contribution in [0.25, 0.3) is 6.08 Å². The predicted molar refractivity (Wildman–Crippen MR) is 95.3 cm³/mol. The van der Waals surface area contributed by atoms with E-state index in [1.165, 1.54) is 32.2 Å². The lowest BCUT2D eigenvalue weighted by Crippen LogP contribution is -2.41. The van der Waals surface area contributed by atoms with Crippen LogP contribution in [0.3, 0.4) is 0 Å². The van der Waals surface area contributed by atoms with Crippen molar-refractivity contribution in [2.75, 3.05) is 18.6 Å². The summed E-state index contributed by atoms with van der Waals surface area (Å²) in [6, 6.07) is 4.95. The average Bonchev–Trinajstić information content (AvgIpc) is 2.62. The molecule has 0 heterocycles. The minimum Gasteiger partial charge on any atom is -0.480 e. The van der Waals surface area contributed by atoms with Crippen LogP contribution < -0.4 is 5.32 Å². The van der Waals surface area contributed by atoms with Crippen molar-refractivity contribution in [2.45, 2.75) is 19.4 Å². The lowest BCUT2D eigenvalue weighted by molar-refractivity contribution is -0.141. The molecule has 8 nitrogen and oxygen atoms in total. The Bertz CT molecular complexity index is 782. The molecule has 2 N–H and O–H groups in total. The van der Waals surface area contributed by atoms with Crippen molar-refractivity contribution in [3.8, 4) is 0 Å². The average molecular weight is 383 g/mol. The summed E-state index contributed by atoms with van der Waals surface area (Å²) in [5, 5.41) is 11.4. The summed E-state index contributed by atoms with van der Waals surface area (Å²) in [5.74, 6) is -2.86. The SMILES string of the molecule is CCS(=O)(=O)CCC(NC(=O)/C=C/c1ccc(C(=O)OC)cc1)C(=O)O. The zero-order valence-corrected chi connectivity index (χ0v) is 15.3. The second-order valence-electron chi connectivity index (χ2n) is 5.37. The van der Waals surface area contributed by atoms with Crippen molar-refractivity contribution in [1.82, 2.24) is 5.32 Å². The van der Waals surface area contributed by atoms with Crippen molar-refractivity contribution >= 4 is 33.8 Å². The minimum absolute atomic E-state index is 0.0885. The van der Waals surface area contributed by atoms with Crippen LogP contribution in [0.5, 0.6) is 0 Å². The number of methoxy groups -OCH3 is 1. The monoisotopic (exact) mass is 383 g/mol. The van der Waals surface area contributed by atoms with E-state index in [0.717, 1.165) is 6.08 Å². The van der Waals surface area contributed by atoms with Crippen LogP contribution in [0, 0.1) is 0 Å². The first-order valence-electron chi connectivity index (χ1n) is 7.78. The number of sulfone groups is 1. The molecule has 0 bridgehead atoms. The van der Waals surface area contributed by atoms with E-state index in [-0.39, 0.29) is 17.9 Å². The summed E-state index contributed by atoms with van der Waals surface area (Å²) in [7, 11) is -2.05. The molecule has 26 heavy (non-hydrogen) atoms. The van der Waals surface area contributed by atoms with Gasteiger partial charge in [0.2, 0.25) is 5.91 Å². The number of aliphatic carboxylic acids is 1. The summed E-state index contributed by atoms with van der Waals surface area (Å²) < 4.78 is 27.5. The number of carboxylic acids is 1. The summed E-state index contributed by atoms with van der Waals surface area (Å²) >= 11 is 0. The number of hydrogen-bond acceptors (Lipinski definition) is 6. The molecular formula is C17H21NO7S. The first-order valence-corrected chi connectivity index (χ1v) is 9.61. The zero-order chi connectivity index (χ0) is 19.7. The molecule has 0 aliphatic heterocycles. The van der Waals surface area contributed by atoms with Crippen molar-refractivity contribution in [2.24, 2.45) is 0 Å². The maximum absolute atomic E-state index is 11.9. The zero-order valence-electron chi connectivity index (χ0n) is 14.5. The Hall–Kier alpha value is -2.68. The summed E-state index contributed by atoms with van der Waals surface area (Å²) in [4.78, 5) is 34.4. The quantitative estimate of drug-likeness (QED) is 0.479. The molecule has 0 fully saturated rings. The van der Waals surface area contributed by atoms with Gasteiger partial charge in [-0.1, -0.05) is 19.1 Å². The highest BCUT2D eigenvalue weighted by Crippen LogP contribution is 2.07. The molecule has 1 atom stereocenters. The fraction of sp³-hybridized carbons (Fsp3) is 0.353. The van der Waals surface area contributed by atoms with Gasteiger partial charge in [0.15, 0.2) is 0 Å². The molecule has 1 aromatic carbocycles. The highest BCUT2D eigenvalue weighted by Gasteiger charge is 2.21. The van der Waals surface area contributed by atoms with E-state index in [1.54, 1.807) is 12.1 Å². The summed E-state index contributed by atoms with van der Waals surface area (Å²) in [5.41, 5.74) is 0.977. The Morgan fingerprint density at radius 3 is 2.35 bits per heavy atom. The van der Waals surface area contributed by atoms with Gasteiger partial charge < -0.3 is 15.2 Å². The third-order valence-corrected chi connectivity index (χ3v) is 5.27. The second-order valence-corrected chi connectivity index (χ2v) is 7.84. The van der Waals surface area contributed by atoms with Gasteiger partial charge in [-0.05, 0) is 30.2 Å². The predicted octanol–water partition coefficient (Wildman–Crippen LogP) is 0.881. The Morgan fingerprint density at radius 2 is 1.85 bits per heavy atom. The van der Waals surface area contributed by atoms with Crippen LogP contribution >= 0.6 is 0 Å². The van der Waals surface area contributed by atoms with Crippen molar-refractivity contribution in [3.05, 3.63) is 41.5 Å². The second kappa shape index (κ2) is 9.71. The molecule has 0 radical (unpaired) electrons. The Morgan fingerprint density at radius 1 is 1.23 bits per heavy atom. The number of hydrogen-bond donors (Lipinski definition) is 2. The van der Waals surface area contributed by atoms with E-state index in [0.29, 0.717) is 11.1 Å². The molecule has 0 saturated heterocycles. The number of nitrogens with one attached hydrogen (secondary N) is 1. The molecule has 0 saturated carbocycles. The fourth-order valence-electron chi connectivity index (χ4n) is 1.94. The molecule has 0 aliphatic carbocycles. The maximum atomic E-state index is 11.9. The highest BCUT2D eigenvalue weighted by atomic mass is 32.2. The molecular weight excluding hydrogens is 362 g/mol. The molecule has 1 unspecified atom stereocenters. The van der Waals surface area contributed by atoms with Crippen LogP contribution in [0.15, 0.2) is 30.3 Å². The topological polar surface area (TPSA) is 127 Å². The van der Waals surface area contributed by atoms with Crippen molar-refractivity contribution in [3.63, 3.8) is 0 Å². The van der Waals surface area contributed by atoms with Gasteiger partial charge in [-0.15, -0.1) is 0 Å². The lowest BCUT2D eigenvalue weighted by atomic mass is 10.1. The number of carboxylic acid groups (broad SMARTS) is 1. The molecule has 0 spiro atoms. The van der Waals surface area contributed by atoms with Gasteiger partial charge in [-0.3, -0.25) is 4.79 Å². The number of ether oxygens (including phenoxy) is 1. The van der Waals surface area contributed by atoms with Gasteiger partial charge in [0.1, 0.15) is 15.9 Å². The standard InChI is InChI=1S/C17H21NO7S/c1-3-26(23,24)11-10-14(16(20)21)18-15(19)9-6-12-4-7-13(8-5-12)17(22)25-2/h4-9,14H,3,10-11H2,1-2H3,(H,18,19)(H,20,21)/b9-6+. The summed E-state index contributed by atoms with van der Waals surface area (Å²) in [6.45, 7) is 1.47. The Labute approximate surface area is 151 Å². The van der Waals surface area contributed by atoms with Gasteiger partial charge in [-0.2, -0.15) is 0 Å². The molecule has 142 valence electrons. The highest BCUT2D eigenvalue weighted by molar-refractivity contribution is 7.91. The fourth-order valence-corrected chi connectivity index (χ4v) is 2.82. The normalized spacial score (nSPS) is 12.5. The molecule has 1 rings (SSSR count). The van der Waals surface area contributed by atoms with Crippen LogP contribution in [-0.4, -0.2) is 56.0 Å². The molecule has 0 aromatic heterocycles. The Kier molecular flexibility index (Phi) is 7.98. The van der Waals surface area contributed by atoms with E-state index in [4.69, 9.17) is 5.11 Å². The van der Waals surface area contributed by atoms with Gasteiger partial charge in [0.05, 0.1) is 18.4 Å². The minimum atomic E-state index is -3.32. The maximum Gasteiger partial charge on any atom is 0.337 e. The van der Waals surface area contributed by atoms with Gasteiger partial charge in [-0.25, -0.2) is 18.0 Å². The number of amides is 1. The summed E-state index contributed by atoms with van der Waals surface area (Å²) in [6.07, 6.45) is 2.37. The Balaban J connectivity index is 2.68. The number of carbonyl (C=O) groups is 3. The van der Waals surface area contributed by atoms with Crippen molar-refractivity contribution in [1.29, 1.82) is 0 Å². The van der Waals surface area contributed by atoms with E-state index >= 15 is 0 Å². The number of rotatable bonds is 9. The van der Waals surface area contributed by atoms with E-state index in [9.17, 15) is 22.8 Å². The molecule has 0 aliphatic rings. The first-order chi connectivity index (χ1) is 12.2. The molecule has 1 amide bonds. The van der Waals surface area contributed by atoms with Crippen LogP contribution in [-0.2, 0) is 24.2 Å². The van der Waals surface area contributed by atoms with Gasteiger partial charge in [0.25, 0.3) is 0 Å². The third kappa shape index (κ3) is 7.06. The lowest BCUT2D eigenvalue weighted by Gasteiger charge is -2.13. The van der Waals surface area contributed by atoms with Crippen LogP contribution in [0.1, 0.15) is 29.3 Å². The van der Waals surface area contributed by atoms with Crippen molar-refractivity contribution < 1.29 is 32.6 Å². The van der Waals surface area contributed by atoms with E-state index in [1.807, 2.05) is 0 Å². The number of benzene rings is 1. The van der Waals surface area contributed by atoms with E-state index < -0.39 is 33.7 Å². The number of carbonyl (C=O) groups excluding carboxylic acids is 2. The smallest absolute Gasteiger partial charge is 0.337 e. The van der Waals surface area contributed by atoms with Gasteiger partial charge in [0, 0.05) is 11.8 Å². The van der Waals surface area contributed by atoms with Crippen LogP contribution in [0.2, 0.25) is 0 Å². The van der Waals surface area contributed by atoms with Gasteiger partial charge >= 0.3 is 11.9 Å². The molecule has 1 aromatic rings. The van der Waals surface area contributed by atoms with Crippen LogP contribution in [0.4, 0.5) is 0 Å². The third-order valence-electron chi connectivity index (χ3n) is 3.53. The number of esters is 1. The first kappa shape index (κ1) is 21.4. The molecule has 9 heteroatoms. The largest absolute Gasteiger partial charge is 0.480 e. The van der Waals surface area contributed by atoms with E-state index in [2.05, 4.69) is 10.1 Å².